The van der Waals surface area contributed by atoms with Crippen LogP contribution in [0.15, 0.2) is 65.2 Å². The number of ether oxygens (including phenoxy) is 1. The molecule has 168 valence electrons. The highest BCUT2D eigenvalue weighted by Gasteiger charge is 2.34. The molecule has 0 bridgehead atoms. The Hall–Kier alpha value is -3.58. The molecule has 1 unspecified atom stereocenters. The summed E-state index contributed by atoms with van der Waals surface area (Å²) in [6, 6.07) is 16.8. The summed E-state index contributed by atoms with van der Waals surface area (Å²) in [5, 5.41) is 7.91. The first kappa shape index (κ1) is 21.3. The highest BCUT2D eigenvalue weighted by Crippen LogP contribution is 2.33. The van der Waals surface area contributed by atoms with E-state index in [2.05, 4.69) is 15.2 Å². The fourth-order valence-electron chi connectivity index (χ4n) is 4.19. The number of likely N-dealkylation sites (tertiary alicyclic amines) is 1. The van der Waals surface area contributed by atoms with Crippen LogP contribution in [-0.2, 0) is 6.42 Å². The maximum atomic E-state index is 13.3. The lowest BCUT2D eigenvalue weighted by Crippen LogP contribution is -2.31. The third-order valence-electron chi connectivity index (χ3n) is 5.81. The van der Waals surface area contributed by atoms with E-state index in [1.807, 2.05) is 48.5 Å². The number of rotatable bonds is 6. The summed E-state index contributed by atoms with van der Waals surface area (Å²) in [6.45, 7) is 0.642. The summed E-state index contributed by atoms with van der Waals surface area (Å²) in [4.78, 5) is 19.6. The van der Waals surface area contributed by atoms with E-state index in [9.17, 15) is 4.79 Å². The Balaban J connectivity index is 1.32. The van der Waals surface area contributed by atoms with Gasteiger partial charge in [0, 0.05) is 23.6 Å². The number of amides is 1. The Bertz CT molecular complexity index is 1280. The lowest BCUT2D eigenvalue weighted by atomic mass is 10.1. The lowest BCUT2D eigenvalue weighted by molar-refractivity contribution is 0.0708. The number of carbonyl (C=O) groups excluding carboxylic acids is 1. The molecule has 8 heteroatoms. The van der Waals surface area contributed by atoms with E-state index in [1.165, 1.54) is 0 Å². The second-order valence-electron chi connectivity index (χ2n) is 8.03. The van der Waals surface area contributed by atoms with Crippen molar-refractivity contribution in [2.75, 3.05) is 13.7 Å². The molecule has 1 aliphatic heterocycles. The number of halogens is 1. The van der Waals surface area contributed by atoms with Gasteiger partial charge in [-0.2, -0.15) is 5.10 Å². The molecule has 1 saturated heterocycles. The third-order valence-corrected chi connectivity index (χ3v) is 6.05. The standard InChI is InChI=1S/C25H23ClN4O3/c1-32-19-8-3-6-17(13-19)21-14-22(29-28-21)25(31)30-10-4-9-23(30)24-27-15-20(33-24)12-16-5-2-7-18(26)11-16/h2-3,5-8,11,13-15,23H,4,9-10,12H2,1H3,(H,28,29). The molecule has 7 nitrogen and oxygen atoms in total. The zero-order valence-corrected chi connectivity index (χ0v) is 18.9. The van der Waals surface area contributed by atoms with Gasteiger partial charge in [-0.05, 0) is 48.7 Å². The fourth-order valence-corrected chi connectivity index (χ4v) is 4.40. The van der Waals surface area contributed by atoms with Gasteiger partial charge >= 0.3 is 0 Å². The van der Waals surface area contributed by atoms with Crippen LogP contribution in [0, 0.1) is 0 Å². The van der Waals surface area contributed by atoms with Crippen LogP contribution in [-0.4, -0.2) is 39.6 Å². The van der Waals surface area contributed by atoms with E-state index in [-0.39, 0.29) is 11.9 Å². The minimum atomic E-state index is -0.200. The largest absolute Gasteiger partial charge is 0.497 e. The van der Waals surface area contributed by atoms with Gasteiger partial charge in [0.2, 0.25) is 5.89 Å². The Morgan fingerprint density at radius 1 is 1.24 bits per heavy atom. The van der Waals surface area contributed by atoms with E-state index >= 15 is 0 Å². The molecule has 1 aliphatic rings. The minimum Gasteiger partial charge on any atom is -0.497 e. The number of carbonyl (C=O) groups is 1. The van der Waals surface area contributed by atoms with Gasteiger partial charge in [0.15, 0.2) is 0 Å². The monoisotopic (exact) mass is 462 g/mol. The molecule has 33 heavy (non-hydrogen) atoms. The van der Waals surface area contributed by atoms with Crippen molar-refractivity contribution in [1.82, 2.24) is 20.1 Å². The minimum absolute atomic E-state index is 0.117. The summed E-state index contributed by atoms with van der Waals surface area (Å²) in [5.74, 6) is 1.92. The van der Waals surface area contributed by atoms with E-state index in [0.717, 1.165) is 35.5 Å². The van der Waals surface area contributed by atoms with Gasteiger partial charge in [-0.1, -0.05) is 35.9 Å². The first-order chi connectivity index (χ1) is 16.1. The SMILES string of the molecule is COc1cccc(-c2cc(C(=O)N3CCCC3c3ncc(Cc4cccc(Cl)c4)o3)[nH]n2)c1. The number of methoxy groups -OCH3 is 1. The van der Waals surface area contributed by atoms with Crippen LogP contribution in [0.1, 0.15) is 46.6 Å². The zero-order chi connectivity index (χ0) is 22.8. The van der Waals surface area contributed by atoms with Crippen LogP contribution in [0.25, 0.3) is 11.3 Å². The number of oxazole rings is 1. The molecule has 5 rings (SSSR count). The fraction of sp³-hybridized carbons (Fsp3) is 0.240. The number of hydrogen-bond donors (Lipinski definition) is 1. The van der Waals surface area contributed by atoms with E-state index in [1.54, 1.807) is 24.3 Å². The van der Waals surface area contributed by atoms with Crippen LogP contribution in [0.5, 0.6) is 5.75 Å². The molecular formula is C25H23ClN4O3. The van der Waals surface area contributed by atoms with Gasteiger partial charge in [-0.3, -0.25) is 9.89 Å². The van der Waals surface area contributed by atoms with Crippen LogP contribution >= 0.6 is 11.6 Å². The summed E-state index contributed by atoms with van der Waals surface area (Å²) >= 11 is 6.08. The topological polar surface area (TPSA) is 84.2 Å². The molecule has 1 amide bonds. The quantitative estimate of drug-likeness (QED) is 0.420. The average molecular weight is 463 g/mol. The molecule has 1 atom stereocenters. The van der Waals surface area contributed by atoms with Gasteiger partial charge in [0.1, 0.15) is 23.2 Å². The molecule has 4 aromatic rings. The number of H-pyrrole nitrogens is 1. The van der Waals surface area contributed by atoms with Gasteiger partial charge in [0.25, 0.3) is 5.91 Å². The predicted octanol–water partition coefficient (Wildman–Crippen LogP) is 5.29. The Morgan fingerprint density at radius 2 is 2.12 bits per heavy atom. The van der Waals surface area contributed by atoms with Crippen LogP contribution in [0.4, 0.5) is 0 Å². The van der Waals surface area contributed by atoms with Crippen molar-refractivity contribution in [3.8, 4) is 17.0 Å². The number of nitrogens with zero attached hydrogens (tertiary/aromatic N) is 3. The van der Waals surface area contributed by atoms with Gasteiger partial charge < -0.3 is 14.1 Å². The van der Waals surface area contributed by atoms with Crippen molar-refractivity contribution in [3.05, 3.63) is 88.7 Å². The molecule has 0 saturated carbocycles. The smallest absolute Gasteiger partial charge is 0.272 e. The second-order valence-corrected chi connectivity index (χ2v) is 8.46. The molecular weight excluding hydrogens is 440 g/mol. The number of benzene rings is 2. The Labute approximate surface area is 196 Å². The molecule has 2 aromatic heterocycles. The molecule has 0 aliphatic carbocycles. The predicted molar refractivity (Wildman–Crippen MR) is 124 cm³/mol. The maximum Gasteiger partial charge on any atom is 0.272 e. The van der Waals surface area contributed by atoms with Gasteiger partial charge in [-0.25, -0.2) is 4.98 Å². The molecule has 1 N–H and O–H groups in total. The van der Waals surface area contributed by atoms with Crippen LogP contribution < -0.4 is 4.74 Å². The highest BCUT2D eigenvalue weighted by molar-refractivity contribution is 6.30. The molecule has 2 aromatic carbocycles. The summed E-state index contributed by atoms with van der Waals surface area (Å²) in [5.41, 5.74) is 3.05. The number of nitrogens with one attached hydrogen (secondary N) is 1. The Kier molecular flexibility index (Phi) is 5.88. The van der Waals surface area contributed by atoms with Crippen molar-refractivity contribution in [2.45, 2.75) is 25.3 Å². The number of hydrogen-bond acceptors (Lipinski definition) is 5. The number of aromatic amines is 1. The first-order valence-corrected chi connectivity index (χ1v) is 11.2. The van der Waals surface area contributed by atoms with Crippen molar-refractivity contribution < 1.29 is 13.9 Å². The van der Waals surface area contributed by atoms with E-state index in [0.29, 0.717) is 35.3 Å². The van der Waals surface area contributed by atoms with Crippen molar-refractivity contribution in [3.63, 3.8) is 0 Å². The van der Waals surface area contributed by atoms with Crippen molar-refractivity contribution in [2.24, 2.45) is 0 Å². The average Bonchev–Trinajstić information content (AvgIpc) is 3.59. The van der Waals surface area contributed by atoms with Crippen LogP contribution in [0.2, 0.25) is 5.02 Å². The molecule has 1 fully saturated rings. The second kappa shape index (κ2) is 9.11. The van der Waals surface area contributed by atoms with Crippen molar-refractivity contribution in [1.29, 1.82) is 0 Å². The molecule has 0 radical (unpaired) electrons. The van der Waals surface area contributed by atoms with Crippen LogP contribution in [0.3, 0.4) is 0 Å². The first-order valence-electron chi connectivity index (χ1n) is 10.8. The molecule has 3 heterocycles. The molecule has 0 spiro atoms. The third kappa shape index (κ3) is 4.50. The van der Waals surface area contributed by atoms with Gasteiger partial charge in [0.05, 0.1) is 19.0 Å². The van der Waals surface area contributed by atoms with E-state index in [4.69, 9.17) is 20.8 Å². The zero-order valence-electron chi connectivity index (χ0n) is 18.1. The summed E-state index contributed by atoms with van der Waals surface area (Å²) < 4.78 is 11.3. The van der Waals surface area contributed by atoms with Crippen molar-refractivity contribution >= 4 is 17.5 Å². The summed E-state index contributed by atoms with van der Waals surface area (Å²) in [7, 11) is 1.62. The van der Waals surface area contributed by atoms with Gasteiger partial charge in [-0.15, -0.1) is 0 Å². The lowest BCUT2D eigenvalue weighted by Gasteiger charge is -2.21. The number of aromatic nitrogens is 3. The highest BCUT2D eigenvalue weighted by atomic mass is 35.5. The summed E-state index contributed by atoms with van der Waals surface area (Å²) in [6.07, 6.45) is 4.02. The normalized spacial score (nSPS) is 15.7. The Morgan fingerprint density at radius 3 is 2.97 bits per heavy atom. The maximum absolute atomic E-state index is 13.3. The van der Waals surface area contributed by atoms with E-state index < -0.39 is 0 Å².